The lowest BCUT2D eigenvalue weighted by atomic mass is 10.1. The number of aromatic amines is 1. The predicted molar refractivity (Wildman–Crippen MR) is 114 cm³/mol. The summed E-state index contributed by atoms with van der Waals surface area (Å²) in [4.78, 5) is 26.2. The maximum atomic E-state index is 12.4. The third kappa shape index (κ3) is 5.00. The van der Waals surface area contributed by atoms with Crippen LogP contribution in [0.3, 0.4) is 0 Å². The Morgan fingerprint density at radius 1 is 0.871 bits per heavy atom. The van der Waals surface area contributed by atoms with Crippen LogP contribution in [0, 0.1) is 0 Å². The highest BCUT2D eigenvalue weighted by atomic mass is 16.6. The van der Waals surface area contributed by atoms with Crippen molar-refractivity contribution in [1.29, 1.82) is 0 Å². The molecule has 0 unspecified atom stereocenters. The number of aromatic nitrogens is 2. The molecule has 1 aliphatic heterocycles. The molecule has 4 rings (SSSR count). The van der Waals surface area contributed by atoms with E-state index in [1.807, 2.05) is 60.7 Å². The van der Waals surface area contributed by atoms with Gasteiger partial charge in [0.05, 0.1) is 13.2 Å². The first-order valence-corrected chi connectivity index (χ1v) is 10.1. The van der Waals surface area contributed by atoms with Crippen molar-refractivity contribution in [3.05, 3.63) is 105 Å². The van der Waals surface area contributed by atoms with E-state index in [1.54, 1.807) is 0 Å². The molecule has 1 fully saturated rings. The van der Waals surface area contributed by atoms with Crippen molar-refractivity contribution in [3.8, 4) is 0 Å². The molecular weight excluding hydrogens is 398 g/mol. The lowest BCUT2D eigenvalue weighted by Crippen LogP contribution is -2.41. The highest BCUT2D eigenvalue weighted by Gasteiger charge is 2.47. The van der Waals surface area contributed by atoms with E-state index in [0.29, 0.717) is 13.2 Å². The van der Waals surface area contributed by atoms with Crippen LogP contribution in [0.25, 0.3) is 0 Å². The number of hydrogen-bond donors (Lipinski definition) is 2. The van der Waals surface area contributed by atoms with Crippen LogP contribution in [-0.2, 0) is 27.4 Å². The Hall–Kier alpha value is -3.04. The molecule has 3 aromatic rings. The average Bonchev–Trinajstić information content (AvgIpc) is 3.15. The zero-order valence-electron chi connectivity index (χ0n) is 16.9. The van der Waals surface area contributed by atoms with E-state index in [0.717, 1.165) is 11.1 Å². The van der Waals surface area contributed by atoms with Gasteiger partial charge in [0.1, 0.15) is 18.3 Å². The van der Waals surface area contributed by atoms with Crippen molar-refractivity contribution >= 4 is 0 Å². The van der Waals surface area contributed by atoms with Crippen LogP contribution >= 0.6 is 0 Å². The van der Waals surface area contributed by atoms with E-state index >= 15 is 0 Å². The summed E-state index contributed by atoms with van der Waals surface area (Å²) in [5.74, 6) is 0. The van der Waals surface area contributed by atoms with Crippen LogP contribution < -0.4 is 17.0 Å². The second-order valence-electron chi connectivity index (χ2n) is 7.34. The molecule has 0 saturated carbocycles. The molecule has 1 saturated heterocycles. The number of ether oxygens (including phenoxy) is 3. The molecule has 162 valence electrons. The first-order chi connectivity index (χ1) is 15.2. The standard InChI is InChI=1S/C23H25N3O5/c24-13-18-20(29-14-16-7-3-1-4-8-16)21(30-15-17-9-5-2-6-10-17)22(31-18)26-12-11-19(27)25-23(26)28/h1-12,18,20-22H,13-15,24H2,(H,25,27,28)/t18-,20-,21-,22-/m1/s1. The minimum absolute atomic E-state index is 0.194. The smallest absolute Gasteiger partial charge is 0.330 e. The molecular formula is C23H25N3O5. The second-order valence-corrected chi connectivity index (χ2v) is 7.34. The minimum Gasteiger partial charge on any atom is -0.368 e. The summed E-state index contributed by atoms with van der Waals surface area (Å²) in [5.41, 5.74) is 6.89. The fourth-order valence-corrected chi connectivity index (χ4v) is 3.66. The lowest BCUT2D eigenvalue weighted by Gasteiger charge is -2.25. The Morgan fingerprint density at radius 2 is 1.45 bits per heavy atom. The molecule has 1 aliphatic rings. The maximum absolute atomic E-state index is 12.4. The van der Waals surface area contributed by atoms with Crippen LogP contribution in [0.5, 0.6) is 0 Å². The van der Waals surface area contributed by atoms with Gasteiger partial charge < -0.3 is 19.9 Å². The number of nitrogens with one attached hydrogen (secondary N) is 1. The molecule has 8 heteroatoms. The van der Waals surface area contributed by atoms with Gasteiger partial charge in [0.25, 0.3) is 5.56 Å². The summed E-state index contributed by atoms with van der Waals surface area (Å²) in [6.07, 6.45) is -0.979. The number of H-pyrrole nitrogens is 1. The van der Waals surface area contributed by atoms with Crippen LogP contribution in [0.4, 0.5) is 0 Å². The third-order valence-corrected chi connectivity index (χ3v) is 5.21. The summed E-state index contributed by atoms with van der Waals surface area (Å²) >= 11 is 0. The fourth-order valence-electron chi connectivity index (χ4n) is 3.66. The molecule has 3 N–H and O–H groups in total. The van der Waals surface area contributed by atoms with Crippen molar-refractivity contribution < 1.29 is 14.2 Å². The highest BCUT2D eigenvalue weighted by molar-refractivity contribution is 5.14. The van der Waals surface area contributed by atoms with Crippen molar-refractivity contribution in [3.63, 3.8) is 0 Å². The Kier molecular flexibility index (Phi) is 6.73. The summed E-state index contributed by atoms with van der Waals surface area (Å²) in [7, 11) is 0. The van der Waals surface area contributed by atoms with Crippen molar-refractivity contribution in [2.24, 2.45) is 5.73 Å². The number of hydrogen-bond acceptors (Lipinski definition) is 6. The van der Waals surface area contributed by atoms with Crippen LogP contribution in [0.15, 0.2) is 82.5 Å². The average molecular weight is 423 g/mol. The number of rotatable bonds is 8. The first kappa shape index (κ1) is 21.2. The van der Waals surface area contributed by atoms with Gasteiger partial charge in [-0.2, -0.15) is 0 Å². The molecule has 2 heterocycles. The van der Waals surface area contributed by atoms with Crippen LogP contribution in [0.2, 0.25) is 0 Å². The molecule has 0 radical (unpaired) electrons. The van der Waals surface area contributed by atoms with Gasteiger partial charge in [0.2, 0.25) is 0 Å². The molecule has 31 heavy (non-hydrogen) atoms. The maximum Gasteiger partial charge on any atom is 0.330 e. The molecule has 0 amide bonds. The summed E-state index contributed by atoms with van der Waals surface area (Å²) < 4.78 is 19.8. The zero-order chi connectivity index (χ0) is 21.6. The van der Waals surface area contributed by atoms with E-state index in [9.17, 15) is 9.59 Å². The third-order valence-electron chi connectivity index (χ3n) is 5.21. The zero-order valence-corrected chi connectivity index (χ0v) is 16.9. The van der Waals surface area contributed by atoms with Gasteiger partial charge in [-0.15, -0.1) is 0 Å². The van der Waals surface area contributed by atoms with Crippen LogP contribution in [0.1, 0.15) is 17.4 Å². The largest absolute Gasteiger partial charge is 0.368 e. The van der Waals surface area contributed by atoms with Gasteiger partial charge in [0.15, 0.2) is 6.23 Å². The Morgan fingerprint density at radius 3 is 2.00 bits per heavy atom. The Balaban J connectivity index is 1.61. The number of nitrogens with zero attached hydrogens (tertiary/aromatic N) is 1. The van der Waals surface area contributed by atoms with E-state index in [1.165, 1.54) is 16.8 Å². The normalized spacial score (nSPS) is 23.1. The van der Waals surface area contributed by atoms with Gasteiger partial charge in [-0.05, 0) is 11.1 Å². The summed E-state index contributed by atoms with van der Waals surface area (Å²) in [6, 6.07) is 20.7. The quantitative estimate of drug-likeness (QED) is 0.569. The molecule has 0 spiro atoms. The SMILES string of the molecule is NC[C@H]1O[C@@H](n2ccc(=O)[nH]c2=O)[C@H](OCc2ccccc2)[C@@H]1OCc1ccccc1. The van der Waals surface area contributed by atoms with Crippen molar-refractivity contribution in [2.75, 3.05) is 6.54 Å². The van der Waals surface area contributed by atoms with Crippen molar-refractivity contribution in [2.45, 2.75) is 37.8 Å². The Labute approximate surface area is 179 Å². The van der Waals surface area contributed by atoms with E-state index < -0.39 is 35.8 Å². The van der Waals surface area contributed by atoms with Crippen molar-refractivity contribution in [1.82, 2.24) is 9.55 Å². The molecule has 8 nitrogen and oxygen atoms in total. The van der Waals surface area contributed by atoms with E-state index in [2.05, 4.69) is 4.98 Å². The number of nitrogens with two attached hydrogens (primary N) is 1. The van der Waals surface area contributed by atoms with Gasteiger partial charge in [-0.1, -0.05) is 60.7 Å². The van der Waals surface area contributed by atoms with Crippen LogP contribution in [-0.4, -0.2) is 34.4 Å². The lowest BCUT2D eigenvalue weighted by molar-refractivity contribution is -0.0912. The van der Waals surface area contributed by atoms with Gasteiger partial charge >= 0.3 is 5.69 Å². The predicted octanol–water partition coefficient (Wildman–Crippen LogP) is 1.56. The topological polar surface area (TPSA) is 109 Å². The van der Waals surface area contributed by atoms with Gasteiger partial charge in [-0.3, -0.25) is 14.3 Å². The first-order valence-electron chi connectivity index (χ1n) is 10.1. The fraction of sp³-hybridized carbons (Fsp3) is 0.304. The molecule has 2 aromatic carbocycles. The van der Waals surface area contributed by atoms with Gasteiger partial charge in [-0.25, -0.2) is 4.79 Å². The molecule has 0 bridgehead atoms. The van der Waals surface area contributed by atoms with Gasteiger partial charge in [0, 0.05) is 18.8 Å². The van der Waals surface area contributed by atoms with E-state index in [4.69, 9.17) is 19.9 Å². The second kappa shape index (κ2) is 9.84. The number of benzene rings is 2. The summed E-state index contributed by atoms with van der Waals surface area (Å²) in [5, 5.41) is 0. The molecule has 1 aromatic heterocycles. The summed E-state index contributed by atoms with van der Waals surface area (Å²) in [6.45, 7) is 0.856. The highest BCUT2D eigenvalue weighted by Crippen LogP contribution is 2.33. The molecule has 0 aliphatic carbocycles. The minimum atomic E-state index is -0.789. The molecule has 4 atom stereocenters. The Bertz CT molecular complexity index is 1080. The van der Waals surface area contributed by atoms with E-state index in [-0.39, 0.29) is 6.54 Å². The monoisotopic (exact) mass is 423 g/mol.